The van der Waals surface area contributed by atoms with Crippen molar-refractivity contribution < 1.29 is 9.16 Å². The van der Waals surface area contributed by atoms with E-state index in [4.69, 9.17) is 14.4 Å². The number of benzene rings is 1. The molecule has 1 rings (SSSR count). The van der Waals surface area contributed by atoms with Gasteiger partial charge in [0.25, 0.3) is 0 Å². The average Bonchev–Trinajstić information content (AvgIpc) is 2.35. The lowest BCUT2D eigenvalue weighted by Crippen LogP contribution is -2.41. The van der Waals surface area contributed by atoms with Gasteiger partial charge in [-0.1, -0.05) is 20.8 Å². The number of ether oxygens (including phenoxy) is 1. The number of hydrogen-bond donors (Lipinski definition) is 0. The fraction of sp³-hybridized carbons (Fsp3) is 0.588. The molecule has 0 N–H and O–H groups in total. The molecule has 1 aromatic carbocycles. The van der Waals surface area contributed by atoms with Gasteiger partial charge in [-0.25, -0.2) is 0 Å². The molecule has 0 aliphatic carbocycles. The first-order chi connectivity index (χ1) is 9.58. The quantitative estimate of drug-likeness (QED) is 0.591. The molecule has 3 nitrogen and oxygen atoms in total. The Morgan fingerprint density at radius 3 is 2.05 bits per heavy atom. The van der Waals surface area contributed by atoms with E-state index in [-0.39, 0.29) is 5.04 Å². The third-order valence-corrected chi connectivity index (χ3v) is 8.73. The Hall–Kier alpha value is -1.31. The molecular formula is C17H27NO2Si. The van der Waals surface area contributed by atoms with E-state index in [0.29, 0.717) is 18.8 Å². The van der Waals surface area contributed by atoms with Gasteiger partial charge in [0, 0.05) is 0 Å². The van der Waals surface area contributed by atoms with E-state index < -0.39 is 8.32 Å². The van der Waals surface area contributed by atoms with Crippen molar-refractivity contribution in [1.29, 1.82) is 5.26 Å². The normalized spacial score (nSPS) is 12.1. The second-order valence-electron chi connectivity index (χ2n) is 7.01. The molecule has 4 heteroatoms. The molecule has 116 valence electrons. The summed E-state index contributed by atoms with van der Waals surface area (Å²) in [5.74, 6) is 0.868. The van der Waals surface area contributed by atoms with Crippen LogP contribution in [0.25, 0.3) is 0 Å². The van der Waals surface area contributed by atoms with E-state index in [1.807, 2.05) is 26.0 Å². The lowest BCUT2D eigenvalue weighted by Gasteiger charge is -2.36. The lowest BCUT2D eigenvalue weighted by atomic mass is 10.1. The number of aryl methyl sites for hydroxylation is 2. The van der Waals surface area contributed by atoms with E-state index in [1.165, 1.54) is 0 Å². The van der Waals surface area contributed by atoms with Gasteiger partial charge < -0.3 is 9.16 Å². The highest BCUT2D eigenvalue weighted by atomic mass is 28.4. The standard InChI is InChI=1S/C17H27NO2Si/c1-13-10-15(12-18)11-14(2)16(13)19-8-9-20-21(6,7)17(3,4)5/h10-11H,8-9H2,1-7H3. The second kappa shape index (κ2) is 6.63. The minimum atomic E-state index is -1.71. The molecular weight excluding hydrogens is 278 g/mol. The van der Waals surface area contributed by atoms with Crippen LogP contribution in [0.1, 0.15) is 37.5 Å². The van der Waals surface area contributed by atoms with Crippen LogP contribution in [0.3, 0.4) is 0 Å². The van der Waals surface area contributed by atoms with E-state index >= 15 is 0 Å². The summed E-state index contributed by atoms with van der Waals surface area (Å²) in [4.78, 5) is 0. The fourth-order valence-corrected chi connectivity index (χ4v) is 2.93. The van der Waals surface area contributed by atoms with Crippen LogP contribution < -0.4 is 4.74 Å². The van der Waals surface area contributed by atoms with Gasteiger partial charge in [-0.15, -0.1) is 0 Å². The second-order valence-corrected chi connectivity index (χ2v) is 11.8. The summed E-state index contributed by atoms with van der Waals surface area (Å²) in [6, 6.07) is 5.88. The number of nitrogens with zero attached hydrogens (tertiary/aromatic N) is 1. The molecule has 0 bridgehead atoms. The van der Waals surface area contributed by atoms with E-state index in [2.05, 4.69) is 39.9 Å². The molecule has 0 aliphatic rings. The smallest absolute Gasteiger partial charge is 0.192 e. The van der Waals surface area contributed by atoms with Crippen LogP contribution in [0.15, 0.2) is 12.1 Å². The van der Waals surface area contributed by atoms with Crippen LogP contribution in [0, 0.1) is 25.2 Å². The first kappa shape index (κ1) is 17.7. The third-order valence-electron chi connectivity index (χ3n) is 4.19. The minimum absolute atomic E-state index is 0.216. The van der Waals surface area contributed by atoms with Crippen molar-refractivity contribution in [2.45, 2.75) is 52.8 Å². The summed E-state index contributed by atoms with van der Waals surface area (Å²) in [7, 11) is -1.71. The van der Waals surface area contributed by atoms with Gasteiger partial charge in [0.2, 0.25) is 0 Å². The zero-order chi connectivity index (χ0) is 16.3. The van der Waals surface area contributed by atoms with E-state index in [9.17, 15) is 0 Å². The summed E-state index contributed by atoms with van der Waals surface area (Å²) in [5, 5.41) is 9.17. The van der Waals surface area contributed by atoms with Crippen molar-refractivity contribution in [3.8, 4) is 11.8 Å². The summed E-state index contributed by atoms with van der Waals surface area (Å²) in [6.45, 7) is 16.3. The van der Waals surface area contributed by atoms with E-state index in [1.54, 1.807) is 0 Å². The van der Waals surface area contributed by atoms with Gasteiger partial charge in [-0.05, 0) is 55.2 Å². The van der Waals surface area contributed by atoms with Gasteiger partial charge in [0.05, 0.1) is 18.2 Å². The van der Waals surface area contributed by atoms with Crippen molar-refractivity contribution in [3.05, 3.63) is 28.8 Å². The molecule has 0 unspecified atom stereocenters. The molecule has 0 heterocycles. The third kappa shape index (κ3) is 4.59. The zero-order valence-electron chi connectivity index (χ0n) is 14.3. The molecule has 0 atom stereocenters. The number of nitriles is 1. The summed E-state index contributed by atoms with van der Waals surface area (Å²) in [5.41, 5.74) is 2.67. The van der Waals surface area contributed by atoms with Crippen molar-refractivity contribution in [2.75, 3.05) is 13.2 Å². The Morgan fingerprint density at radius 1 is 1.10 bits per heavy atom. The van der Waals surface area contributed by atoms with Gasteiger partial charge in [-0.3, -0.25) is 0 Å². The maximum Gasteiger partial charge on any atom is 0.192 e. The summed E-state index contributed by atoms with van der Waals surface area (Å²) >= 11 is 0. The van der Waals surface area contributed by atoms with E-state index in [0.717, 1.165) is 16.9 Å². The molecule has 0 amide bonds. The number of rotatable bonds is 5. The molecule has 0 aromatic heterocycles. The first-order valence-corrected chi connectivity index (χ1v) is 10.3. The topological polar surface area (TPSA) is 42.2 Å². The van der Waals surface area contributed by atoms with Crippen LogP contribution in [-0.2, 0) is 4.43 Å². The maximum absolute atomic E-state index is 8.95. The maximum atomic E-state index is 8.95. The first-order valence-electron chi connectivity index (χ1n) is 7.36. The number of hydrogen-bond acceptors (Lipinski definition) is 3. The molecule has 21 heavy (non-hydrogen) atoms. The predicted octanol–water partition coefficient (Wildman–Crippen LogP) is 4.58. The largest absolute Gasteiger partial charge is 0.491 e. The minimum Gasteiger partial charge on any atom is -0.491 e. The van der Waals surface area contributed by atoms with Crippen LogP contribution in [0.5, 0.6) is 5.75 Å². The van der Waals surface area contributed by atoms with Crippen LogP contribution in [0.2, 0.25) is 18.1 Å². The average molecular weight is 305 g/mol. The van der Waals surface area contributed by atoms with Crippen molar-refractivity contribution >= 4 is 8.32 Å². The van der Waals surface area contributed by atoms with Crippen molar-refractivity contribution in [2.24, 2.45) is 0 Å². The molecule has 1 aromatic rings. The molecule has 0 saturated heterocycles. The fourth-order valence-electron chi connectivity index (χ4n) is 1.90. The molecule has 0 aliphatic heterocycles. The van der Waals surface area contributed by atoms with Gasteiger partial charge in [0.15, 0.2) is 8.32 Å². The van der Waals surface area contributed by atoms with Crippen LogP contribution in [-0.4, -0.2) is 21.5 Å². The van der Waals surface area contributed by atoms with Gasteiger partial charge >= 0.3 is 0 Å². The Labute approximate surface area is 130 Å². The Bertz CT molecular complexity index is 516. The molecule has 0 spiro atoms. The summed E-state index contributed by atoms with van der Waals surface area (Å²) in [6.07, 6.45) is 0. The monoisotopic (exact) mass is 305 g/mol. The highest BCUT2D eigenvalue weighted by molar-refractivity contribution is 6.74. The molecule has 0 saturated carbocycles. The highest BCUT2D eigenvalue weighted by Gasteiger charge is 2.36. The SMILES string of the molecule is Cc1cc(C#N)cc(C)c1OCCO[Si](C)(C)C(C)(C)C. The van der Waals surface area contributed by atoms with Crippen molar-refractivity contribution in [1.82, 2.24) is 0 Å². The van der Waals surface area contributed by atoms with Crippen LogP contribution in [0.4, 0.5) is 0 Å². The summed E-state index contributed by atoms with van der Waals surface area (Å²) < 4.78 is 12.0. The lowest BCUT2D eigenvalue weighted by molar-refractivity contribution is 0.202. The highest BCUT2D eigenvalue weighted by Crippen LogP contribution is 2.36. The Morgan fingerprint density at radius 2 is 1.62 bits per heavy atom. The predicted molar refractivity (Wildman–Crippen MR) is 89.3 cm³/mol. The molecule has 0 radical (unpaired) electrons. The Balaban J connectivity index is 2.61. The Kier molecular flexibility index (Phi) is 5.60. The van der Waals surface area contributed by atoms with Gasteiger partial charge in [0.1, 0.15) is 12.4 Å². The molecule has 0 fully saturated rings. The van der Waals surface area contributed by atoms with Gasteiger partial charge in [-0.2, -0.15) is 5.26 Å². The zero-order valence-corrected chi connectivity index (χ0v) is 15.3. The van der Waals surface area contributed by atoms with Crippen LogP contribution >= 0.6 is 0 Å². The van der Waals surface area contributed by atoms with Crippen molar-refractivity contribution in [3.63, 3.8) is 0 Å².